The van der Waals surface area contributed by atoms with Crippen LogP contribution in [0.5, 0.6) is 11.5 Å². The van der Waals surface area contributed by atoms with E-state index in [1.54, 1.807) is 7.11 Å². The Kier molecular flexibility index (Phi) is 5.09. The maximum Gasteiger partial charge on any atom is 0.142 e. The molecule has 3 heteroatoms. The highest BCUT2D eigenvalue weighted by molar-refractivity contribution is 5.58. The number of hydrogen-bond acceptors (Lipinski definition) is 3. The first-order valence-corrected chi connectivity index (χ1v) is 7.28. The van der Waals surface area contributed by atoms with Gasteiger partial charge < -0.3 is 14.8 Å². The van der Waals surface area contributed by atoms with Crippen molar-refractivity contribution in [2.75, 3.05) is 19.0 Å². The lowest BCUT2D eigenvalue weighted by atomic mass is 10.0. The van der Waals surface area contributed by atoms with Crippen LogP contribution in [0, 0.1) is 6.92 Å². The highest BCUT2D eigenvalue weighted by Crippen LogP contribution is 2.32. The van der Waals surface area contributed by atoms with E-state index in [2.05, 4.69) is 37.4 Å². The molecule has 0 amide bonds. The fourth-order valence-corrected chi connectivity index (χ4v) is 2.35. The van der Waals surface area contributed by atoms with E-state index in [1.807, 2.05) is 31.2 Å². The van der Waals surface area contributed by atoms with Crippen LogP contribution < -0.4 is 14.8 Å². The number of benzene rings is 2. The van der Waals surface area contributed by atoms with Crippen LogP contribution in [0.1, 0.15) is 31.0 Å². The zero-order valence-electron chi connectivity index (χ0n) is 13.1. The molecule has 0 saturated heterocycles. The van der Waals surface area contributed by atoms with Gasteiger partial charge in [0.1, 0.15) is 11.5 Å². The van der Waals surface area contributed by atoms with Crippen LogP contribution in [0.3, 0.4) is 0 Å². The first-order chi connectivity index (χ1) is 10.2. The highest BCUT2D eigenvalue weighted by atomic mass is 16.5. The summed E-state index contributed by atoms with van der Waals surface area (Å²) in [5, 5.41) is 3.50. The molecule has 0 aliphatic rings. The molecule has 21 heavy (non-hydrogen) atoms. The molecule has 0 fully saturated rings. The molecule has 112 valence electrons. The summed E-state index contributed by atoms with van der Waals surface area (Å²) in [6.07, 6.45) is 0. The molecule has 0 aromatic heterocycles. The van der Waals surface area contributed by atoms with E-state index in [0.717, 1.165) is 22.7 Å². The molecule has 2 rings (SSSR count). The molecule has 1 atom stereocenters. The van der Waals surface area contributed by atoms with Gasteiger partial charge in [-0.2, -0.15) is 0 Å². The summed E-state index contributed by atoms with van der Waals surface area (Å²) in [5.41, 5.74) is 3.32. The van der Waals surface area contributed by atoms with Gasteiger partial charge in [0.25, 0.3) is 0 Å². The van der Waals surface area contributed by atoms with Gasteiger partial charge in [-0.25, -0.2) is 0 Å². The number of hydrogen-bond donors (Lipinski definition) is 1. The predicted molar refractivity (Wildman–Crippen MR) is 87.4 cm³/mol. The van der Waals surface area contributed by atoms with Crippen molar-refractivity contribution in [2.24, 2.45) is 0 Å². The summed E-state index contributed by atoms with van der Waals surface area (Å²) in [6, 6.07) is 14.4. The average Bonchev–Trinajstić information content (AvgIpc) is 2.49. The highest BCUT2D eigenvalue weighted by Gasteiger charge is 2.13. The minimum absolute atomic E-state index is 0.127. The minimum atomic E-state index is 0.127. The molecule has 0 radical (unpaired) electrons. The van der Waals surface area contributed by atoms with Gasteiger partial charge in [-0.05, 0) is 44.5 Å². The number of nitrogens with one attached hydrogen (secondary N) is 1. The lowest BCUT2D eigenvalue weighted by Crippen LogP contribution is -2.09. The summed E-state index contributed by atoms with van der Waals surface area (Å²) >= 11 is 0. The first-order valence-electron chi connectivity index (χ1n) is 7.28. The number of aryl methyl sites for hydroxylation is 1. The maximum atomic E-state index is 5.66. The molecule has 1 unspecified atom stereocenters. The van der Waals surface area contributed by atoms with E-state index in [0.29, 0.717) is 6.61 Å². The Morgan fingerprint density at radius 3 is 2.57 bits per heavy atom. The molecular weight excluding hydrogens is 262 g/mol. The molecule has 0 spiro atoms. The second kappa shape index (κ2) is 7.02. The van der Waals surface area contributed by atoms with Gasteiger partial charge in [0.15, 0.2) is 0 Å². The van der Waals surface area contributed by atoms with Gasteiger partial charge >= 0.3 is 0 Å². The normalized spacial score (nSPS) is 11.8. The van der Waals surface area contributed by atoms with Crippen molar-refractivity contribution < 1.29 is 9.47 Å². The number of ether oxygens (including phenoxy) is 2. The van der Waals surface area contributed by atoms with Crippen LogP contribution in [-0.4, -0.2) is 13.7 Å². The van der Waals surface area contributed by atoms with E-state index >= 15 is 0 Å². The van der Waals surface area contributed by atoms with Crippen molar-refractivity contribution in [2.45, 2.75) is 26.8 Å². The molecule has 2 aromatic carbocycles. The van der Waals surface area contributed by atoms with E-state index in [-0.39, 0.29) is 6.04 Å². The van der Waals surface area contributed by atoms with Crippen LogP contribution in [-0.2, 0) is 0 Å². The van der Waals surface area contributed by atoms with Gasteiger partial charge in [-0.1, -0.05) is 24.3 Å². The van der Waals surface area contributed by atoms with Gasteiger partial charge in [0, 0.05) is 5.56 Å². The van der Waals surface area contributed by atoms with Crippen LogP contribution in [0.4, 0.5) is 5.69 Å². The summed E-state index contributed by atoms with van der Waals surface area (Å²) < 4.78 is 11.1. The van der Waals surface area contributed by atoms with Crippen LogP contribution in [0.25, 0.3) is 0 Å². The molecule has 0 heterocycles. The predicted octanol–water partition coefficient (Wildman–Crippen LogP) is 4.58. The number of anilines is 1. The van der Waals surface area contributed by atoms with E-state index in [1.165, 1.54) is 5.56 Å². The van der Waals surface area contributed by atoms with Gasteiger partial charge in [0.2, 0.25) is 0 Å². The summed E-state index contributed by atoms with van der Waals surface area (Å²) in [5.74, 6) is 1.78. The van der Waals surface area contributed by atoms with Crippen molar-refractivity contribution in [3.63, 3.8) is 0 Å². The lowest BCUT2D eigenvalue weighted by Gasteiger charge is -2.20. The van der Waals surface area contributed by atoms with Crippen molar-refractivity contribution in [3.05, 3.63) is 53.6 Å². The molecule has 0 bridgehead atoms. The zero-order valence-corrected chi connectivity index (χ0v) is 13.1. The van der Waals surface area contributed by atoms with Crippen molar-refractivity contribution in [1.29, 1.82) is 0 Å². The van der Waals surface area contributed by atoms with Crippen molar-refractivity contribution in [1.82, 2.24) is 0 Å². The molecule has 3 nitrogen and oxygen atoms in total. The third kappa shape index (κ3) is 3.69. The first kappa shape index (κ1) is 15.2. The van der Waals surface area contributed by atoms with Crippen molar-refractivity contribution >= 4 is 5.69 Å². The fourth-order valence-electron chi connectivity index (χ4n) is 2.35. The third-order valence-electron chi connectivity index (χ3n) is 3.41. The van der Waals surface area contributed by atoms with Crippen LogP contribution in [0.15, 0.2) is 42.5 Å². The fraction of sp³-hybridized carbons (Fsp3) is 0.333. The Balaban J connectivity index is 2.24. The van der Waals surface area contributed by atoms with Gasteiger partial charge in [-0.3, -0.25) is 0 Å². The lowest BCUT2D eigenvalue weighted by molar-refractivity contribution is 0.341. The smallest absolute Gasteiger partial charge is 0.142 e. The Morgan fingerprint density at radius 2 is 1.86 bits per heavy atom. The summed E-state index contributed by atoms with van der Waals surface area (Å²) in [7, 11) is 1.71. The Morgan fingerprint density at radius 1 is 1.10 bits per heavy atom. The monoisotopic (exact) mass is 285 g/mol. The molecule has 0 saturated carbocycles. The van der Waals surface area contributed by atoms with E-state index in [9.17, 15) is 0 Å². The van der Waals surface area contributed by atoms with Crippen LogP contribution in [0.2, 0.25) is 0 Å². The second-order valence-electron chi connectivity index (χ2n) is 5.04. The zero-order chi connectivity index (χ0) is 15.2. The SMILES string of the molecule is CCOc1ccccc1NC(C)c1ccc(C)cc1OC. The minimum Gasteiger partial charge on any atom is -0.496 e. The average molecular weight is 285 g/mol. The Labute approximate surface area is 126 Å². The van der Waals surface area contributed by atoms with E-state index in [4.69, 9.17) is 9.47 Å². The van der Waals surface area contributed by atoms with Gasteiger partial charge in [-0.15, -0.1) is 0 Å². The van der Waals surface area contributed by atoms with Gasteiger partial charge in [0.05, 0.1) is 25.4 Å². The number of para-hydroxylation sites is 2. The topological polar surface area (TPSA) is 30.5 Å². The maximum absolute atomic E-state index is 5.66. The van der Waals surface area contributed by atoms with E-state index < -0.39 is 0 Å². The molecular formula is C18H23NO2. The third-order valence-corrected chi connectivity index (χ3v) is 3.41. The standard InChI is InChI=1S/C18H23NO2/c1-5-21-17-9-7-6-8-16(17)19-14(3)15-11-10-13(2)12-18(15)20-4/h6-12,14,19H,5H2,1-4H3. The summed E-state index contributed by atoms with van der Waals surface area (Å²) in [4.78, 5) is 0. The Bertz CT molecular complexity index is 596. The molecule has 2 aromatic rings. The summed E-state index contributed by atoms with van der Waals surface area (Å²) in [6.45, 7) is 6.83. The Hall–Kier alpha value is -2.16. The quantitative estimate of drug-likeness (QED) is 0.843. The molecule has 0 aliphatic heterocycles. The number of rotatable bonds is 6. The molecule has 1 N–H and O–H groups in total. The largest absolute Gasteiger partial charge is 0.496 e. The number of methoxy groups -OCH3 is 1. The van der Waals surface area contributed by atoms with Crippen molar-refractivity contribution in [3.8, 4) is 11.5 Å². The van der Waals surface area contributed by atoms with Crippen LogP contribution >= 0.6 is 0 Å². The second-order valence-corrected chi connectivity index (χ2v) is 5.04. The molecule has 0 aliphatic carbocycles.